The summed E-state index contributed by atoms with van der Waals surface area (Å²) in [5.74, 6) is 0.880. The second kappa shape index (κ2) is 14.2. The molecule has 2 rings (SSSR count). The van der Waals surface area contributed by atoms with Gasteiger partial charge in [0.1, 0.15) is 0 Å². The third-order valence-electron chi connectivity index (χ3n) is 5.14. The Labute approximate surface area is 193 Å². The SMILES string of the molecule is CCNC(=NCC(C)(C)N1CCc2ccccc2C1)NCCCOCCOC.I. The normalized spacial score (nSPS) is 14.8. The van der Waals surface area contributed by atoms with E-state index in [4.69, 9.17) is 14.5 Å². The molecule has 1 aromatic rings. The van der Waals surface area contributed by atoms with E-state index in [9.17, 15) is 0 Å². The van der Waals surface area contributed by atoms with Gasteiger partial charge in [-0.25, -0.2) is 0 Å². The molecule has 0 bridgehead atoms. The maximum Gasteiger partial charge on any atom is 0.191 e. The molecule has 166 valence electrons. The second-order valence-electron chi connectivity index (χ2n) is 7.83. The van der Waals surface area contributed by atoms with Gasteiger partial charge in [0.25, 0.3) is 0 Å². The van der Waals surface area contributed by atoms with Gasteiger partial charge in [-0.3, -0.25) is 9.89 Å². The molecular formula is C22H39IN4O2. The molecule has 1 heterocycles. The lowest BCUT2D eigenvalue weighted by Crippen LogP contribution is -2.49. The molecule has 0 aromatic heterocycles. The van der Waals surface area contributed by atoms with Crippen molar-refractivity contribution in [1.29, 1.82) is 0 Å². The van der Waals surface area contributed by atoms with Gasteiger partial charge in [-0.05, 0) is 44.7 Å². The van der Waals surface area contributed by atoms with E-state index in [2.05, 4.69) is 60.6 Å². The highest BCUT2D eigenvalue weighted by Gasteiger charge is 2.29. The van der Waals surface area contributed by atoms with Crippen LogP contribution >= 0.6 is 24.0 Å². The summed E-state index contributed by atoms with van der Waals surface area (Å²) < 4.78 is 10.5. The summed E-state index contributed by atoms with van der Waals surface area (Å²) >= 11 is 0. The summed E-state index contributed by atoms with van der Waals surface area (Å²) in [4.78, 5) is 7.40. The Kier molecular flexibility index (Phi) is 12.8. The Balaban J connectivity index is 0.00000420. The van der Waals surface area contributed by atoms with Gasteiger partial charge in [0.05, 0.1) is 19.8 Å². The molecule has 0 atom stereocenters. The number of methoxy groups -OCH3 is 1. The molecule has 1 aromatic carbocycles. The van der Waals surface area contributed by atoms with Crippen LogP contribution in [-0.2, 0) is 22.4 Å². The molecule has 0 saturated carbocycles. The minimum Gasteiger partial charge on any atom is -0.382 e. The highest BCUT2D eigenvalue weighted by atomic mass is 127. The summed E-state index contributed by atoms with van der Waals surface area (Å²) in [5, 5.41) is 6.76. The third-order valence-corrected chi connectivity index (χ3v) is 5.14. The molecule has 0 fully saturated rings. The lowest BCUT2D eigenvalue weighted by molar-refractivity contribution is 0.0698. The fourth-order valence-electron chi connectivity index (χ4n) is 3.35. The average molecular weight is 518 g/mol. The van der Waals surface area contributed by atoms with E-state index < -0.39 is 0 Å². The zero-order valence-electron chi connectivity index (χ0n) is 18.5. The van der Waals surface area contributed by atoms with Gasteiger partial charge in [0.2, 0.25) is 0 Å². The number of guanidine groups is 1. The number of rotatable bonds is 11. The zero-order valence-corrected chi connectivity index (χ0v) is 20.8. The largest absolute Gasteiger partial charge is 0.382 e. The van der Waals surface area contributed by atoms with Crippen molar-refractivity contribution >= 4 is 29.9 Å². The van der Waals surface area contributed by atoms with Crippen LogP contribution in [0, 0.1) is 0 Å². The maximum absolute atomic E-state index is 5.51. The van der Waals surface area contributed by atoms with E-state index in [1.165, 1.54) is 11.1 Å². The molecule has 1 aliphatic rings. The van der Waals surface area contributed by atoms with Gasteiger partial charge < -0.3 is 20.1 Å². The van der Waals surface area contributed by atoms with Crippen molar-refractivity contribution in [3.05, 3.63) is 35.4 Å². The summed E-state index contributed by atoms with van der Waals surface area (Å²) in [6.07, 6.45) is 2.06. The quantitative estimate of drug-likeness (QED) is 0.204. The van der Waals surface area contributed by atoms with Crippen LogP contribution < -0.4 is 10.6 Å². The van der Waals surface area contributed by atoms with E-state index in [0.717, 1.165) is 58.1 Å². The van der Waals surface area contributed by atoms with Crippen molar-refractivity contribution < 1.29 is 9.47 Å². The van der Waals surface area contributed by atoms with Gasteiger partial charge in [-0.2, -0.15) is 0 Å². The van der Waals surface area contributed by atoms with Crippen LogP contribution in [0.3, 0.4) is 0 Å². The first-order valence-electron chi connectivity index (χ1n) is 10.5. The van der Waals surface area contributed by atoms with Crippen molar-refractivity contribution in [3.8, 4) is 0 Å². The second-order valence-corrected chi connectivity index (χ2v) is 7.83. The Morgan fingerprint density at radius 2 is 1.90 bits per heavy atom. The topological polar surface area (TPSA) is 58.1 Å². The summed E-state index contributed by atoms with van der Waals surface area (Å²) in [5.41, 5.74) is 2.95. The van der Waals surface area contributed by atoms with Gasteiger partial charge in [-0.15, -0.1) is 24.0 Å². The molecule has 7 heteroatoms. The predicted molar refractivity (Wildman–Crippen MR) is 131 cm³/mol. The molecule has 0 spiro atoms. The molecule has 0 radical (unpaired) electrons. The van der Waals surface area contributed by atoms with Crippen molar-refractivity contribution in [3.63, 3.8) is 0 Å². The van der Waals surface area contributed by atoms with Crippen LogP contribution in [0.4, 0.5) is 0 Å². The Morgan fingerprint density at radius 1 is 1.14 bits per heavy atom. The molecule has 2 N–H and O–H groups in total. The van der Waals surface area contributed by atoms with Crippen LogP contribution in [0.25, 0.3) is 0 Å². The number of nitrogens with zero attached hydrogens (tertiary/aromatic N) is 2. The predicted octanol–water partition coefficient (Wildman–Crippen LogP) is 3.05. The highest BCUT2D eigenvalue weighted by molar-refractivity contribution is 14.0. The number of nitrogens with one attached hydrogen (secondary N) is 2. The van der Waals surface area contributed by atoms with Gasteiger partial charge in [-0.1, -0.05) is 24.3 Å². The van der Waals surface area contributed by atoms with Crippen molar-refractivity contribution in [2.45, 2.75) is 45.7 Å². The van der Waals surface area contributed by atoms with Crippen LogP contribution in [-0.4, -0.2) is 69.5 Å². The Hall–Kier alpha value is -0.900. The summed E-state index contributed by atoms with van der Waals surface area (Å²) in [7, 11) is 1.69. The van der Waals surface area contributed by atoms with Crippen molar-refractivity contribution in [2.75, 3.05) is 53.1 Å². The molecule has 0 aliphatic carbocycles. The van der Waals surface area contributed by atoms with Crippen molar-refractivity contribution in [2.24, 2.45) is 4.99 Å². The zero-order chi connectivity index (χ0) is 20.2. The number of halogens is 1. The minimum absolute atomic E-state index is 0. The summed E-state index contributed by atoms with van der Waals surface area (Å²) in [6, 6.07) is 8.78. The lowest BCUT2D eigenvalue weighted by atomic mass is 9.94. The smallest absolute Gasteiger partial charge is 0.191 e. The number of benzene rings is 1. The van der Waals surface area contributed by atoms with Crippen LogP contribution in [0.2, 0.25) is 0 Å². The first-order valence-corrected chi connectivity index (χ1v) is 10.5. The fraction of sp³-hybridized carbons (Fsp3) is 0.682. The van der Waals surface area contributed by atoms with Crippen LogP contribution in [0.1, 0.15) is 38.3 Å². The van der Waals surface area contributed by atoms with E-state index in [1.807, 2.05) is 0 Å². The molecule has 1 aliphatic heterocycles. The first-order chi connectivity index (χ1) is 13.6. The average Bonchev–Trinajstić information content (AvgIpc) is 2.71. The number of hydrogen-bond acceptors (Lipinski definition) is 4. The Morgan fingerprint density at radius 3 is 2.62 bits per heavy atom. The number of aliphatic imine (C=N–C) groups is 1. The molecule has 0 amide bonds. The number of ether oxygens (including phenoxy) is 2. The Bertz CT molecular complexity index is 610. The van der Waals surface area contributed by atoms with E-state index in [0.29, 0.717) is 13.2 Å². The highest BCUT2D eigenvalue weighted by Crippen LogP contribution is 2.25. The fourth-order valence-corrected chi connectivity index (χ4v) is 3.35. The van der Waals surface area contributed by atoms with E-state index in [1.54, 1.807) is 7.11 Å². The molecule has 0 saturated heterocycles. The van der Waals surface area contributed by atoms with E-state index in [-0.39, 0.29) is 29.5 Å². The number of hydrogen-bond donors (Lipinski definition) is 2. The molecule has 6 nitrogen and oxygen atoms in total. The van der Waals surface area contributed by atoms with E-state index >= 15 is 0 Å². The van der Waals surface area contributed by atoms with Crippen LogP contribution in [0.5, 0.6) is 0 Å². The van der Waals surface area contributed by atoms with Gasteiger partial charge >= 0.3 is 0 Å². The summed E-state index contributed by atoms with van der Waals surface area (Å²) in [6.45, 7) is 13.2. The van der Waals surface area contributed by atoms with Gasteiger partial charge in [0, 0.05) is 45.4 Å². The minimum atomic E-state index is 0. The first kappa shape index (κ1) is 26.1. The van der Waals surface area contributed by atoms with Gasteiger partial charge in [0.15, 0.2) is 5.96 Å². The number of fused-ring (bicyclic) bond motifs is 1. The molecule has 0 unspecified atom stereocenters. The maximum atomic E-state index is 5.51. The standard InChI is InChI=1S/C22H38N4O2.HI/c1-5-23-21(24-12-8-14-28-16-15-27-4)25-18-22(2,3)26-13-11-19-9-6-7-10-20(19)17-26;/h6-7,9-10H,5,8,11-18H2,1-4H3,(H2,23,24,25);1H. The van der Waals surface area contributed by atoms with Crippen LogP contribution in [0.15, 0.2) is 29.3 Å². The lowest BCUT2D eigenvalue weighted by Gasteiger charge is -2.40. The molecule has 29 heavy (non-hydrogen) atoms. The molecular weight excluding hydrogens is 479 g/mol. The third kappa shape index (κ3) is 9.19. The monoisotopic (exact) mass is 518 g/mol. The van der Waals surface area contributed by atoms with Crippen molar-refractivity contribution in [1.82, 2.24) is 15.5 Å².